The number of hydrogen-bond donors (Lipinski definition) is 1. The van der Waals surface area contributed by atoms with Gasteiger partial charge in [0.1, 0.15) is 0 Å². The summed E-state index contributed by atoms with van der Waals surface area (Å²) in [4.78, 5) is 10.6. The number of likely N-dealkylation sites (N-methyl/N-ethyl adjacent to an activating group) is 1. The van der Waals surface area contributed by atoms with E-state index in [1.807, 2.05) is 22.7 Å². The third-order valence-electron chi connectivity index (χ3n) is 6.07. The van der Waals surface area contributed by atoms with E-state index in [9.17, 15) is 8.42 Å². The average molecular weight is 460 g/mol. The number of sulfonamides is 1. The Balaban J connectivity index is 1.45. The number of piperazine rings is 1. The van der Waals surface area contributed by atoms with Gasteiger partial charge in [0.2, 0.25) is 10.0 Å². The number of hydrogen-bond acceptors (Lipinski definition) is 5. The second-order valence-corrected chi connectivity index (χ2v) is 10.2. The van der Waals surface area contributed by atoms with E-state index < -0.39 is 10.0 Å². The van der Waals surface area contributed by atoms with Crippen molar-refractivity contribution in [3.8, 4) is 28.6 Å². The number of nitrogens with zero attached hydrogens (tertiary/aromatic N) is 5. The van der Waals surface area contributed by atoms with Crippen molar-refractivity contribution in [2.45, 2.75) is 4.90 Å². The van der Waals surface area contributed by atoms with Crippen LogP contribution in [0.15, 0.2) is 72.0 Å². The second kappa shape index (κ2) is 8.41. The Hall–Kier alpha value is -3.58. The van der Waals surface area contributed by atoms with E-state index in [4.69, 9.17) is 5.26 Å². The third-order valence-corrected chi connectivity index (χ3v) is 7.98. The molecule has 0 bridgehead atoms. The number of nitriles is 1. The fourth-order valence-electron chi connectivity index (χ4n) is 4.02. The molecule has 3 heterocycles. The zero-order valence-electron chi connectivity index (χ0n) is 18.1. The van der Waals surface area contributed by atoms with Crippen LogP contribution in [-0.2, 0) is 10.0 Å². The Morgan fingerprint density at radius 1 is 0.939 bits per heavy atom. The summed E-state index contributed by atoms with van der Waals surface area (Å²) in [5.41, 5.74) is 4.65. The minimum Gasteiger partial charge on any atom is -0.335 e. The molecule has 8 nitrogen and oxygen atoms in total. The standard InChI is InChI=1S/C24H22N6O2S/c1-28-10-12-29(13-11-28)33(31,32)21-8-6-19(7-9-21)22-17-30-23(15-27-24(30)16-26-22)20-4-2-18(14-25)3-5-20/h2-9,15-17H,10-13H2,1H3/p+1. The van der Waals surface area contributed by atoms with Crippen molar-refractivity contribution in [3.05, 3.63) is 72.7 Å². The first-order valence-electron chi connectivity index (χ1n) is 10.7. The fourth-order valence-corrected chi connectivity index (χ4v) is 5.46. The molecule has 0 saturated carbocycles. The van der Waals surface area contributed by atoms with Gasteiger partial charge in [-0.15, -0.1) is 0 Å². The molecule has 2 aromatic heterocycles. The van der Waals surface area contributed by atoms with Crippen molar-refractivity contribution in [3.63, 3.8) is 0 Å². The third kappa shape index (κ3) is 4.00. The van der Waals surface area contributed by atoms with E-state index in [2.05, 4.69) is 23.1 Å². The van der Waals surface area contributed by atoms with Crippen LogP contribution in [0.5, 0.6) is 0 Å². The van der Waals surface area contributed by atoms with Gasteiger partial charge in [0.15, 0.2) is 5.65 Å². The van der Waals surface area contributed by atoms with Crippen molar-refractivity contribution in [2.24, 2.45) is 0 Å². The summed E-state index contributed by atoms with van der Waals surface area (Å²) in [6.45, 7) is 2.70. The summed E-state index contributed by atoms with van der Waals surface area (Å²) in [6, 6.07) is 16.3. The topological polar surface area (TPSA) is 95.8 Å². The lowest BCUT2D eigenvalue weighted by atomic mass is 10.1. The van der Waals surface area contributed by atoms with Gasteiger partial charge in [-0.1, -0.05) is 24.3 Å². The average Bonchev–Trinajstić information content (AvgIpc) is 3.28. The van der Waals surface area contributed by atoms with E-state index >= 15 is 0 Å². The Kier molecular flexibility index (Phi) is 5.42. The first kappa shape index (κ1) is 21.3. The highest BCUT2D eigenvalue weighted by molar-refractivity contribution is 7.89. The van der Waals surface area contributed by atoms with Gasteiger partial charge in [-0.3, -0.25) is 9.38 Å². The molecule has 1 aliphatic rings. The number of rotatable bonds is 4. The normalized spacial score (nSPS) is 15.5. The maximum Gasteiger partial charge on any atom is 0.243 e. The Labute approximate surface area is 192 Å². The summed E-state index contributed by atoms with van der Waals surface area (Å²) in [5, 5.41) is 9.03. The van der Waals surface area contributed by atoms with E-state index in [0.29, 0.717) is 34.9 Å². The number of quaternary nitrogens is 1. The van der Waals surface area contributed by atoms with Crippen LogP contribution in [0, 0.1) is 11.3 Å². The van der Waals surface area contributed by atoms with Crippen LogP contribution >= 0.6 is 0 Å². The minimum atomic E-state index is -3.50. The van der Waals surface area contributed by atoms with Crippen molar-refractivity contribution in [2.75, 3.05) is 33.2 Å². The minimum absolute atomic E-state index is 0.299. The number of fused-ring (bicyclic) bond motifs is 1. The fraction of sp³-hybridized carbons (Fsp3) is 0.208. The molecular formula is C24H23N6O2S+. The lowest BCUT2D eigenvalue weighted by Gasteiger charge is -2.29. The van der Waals surface area contributed by atoms with Crippen LogP contribution in [0.1, 0.15) is 5.56 Å². The molecule has 1 fully saturated rings. The van der Waals surface area contributed by atoms with Gasteiger partial charge in [-0.25, -0.2) is 13.4 Å². The van der Waals surface area contributed by atoms with Crippen molar-refractivity contribution in [1.29, 1.82) is 5.26 Å². The van der Waals surface area contributed by atoms with Crippen LogP contribution < -0.4 is 4.90 Å². The monoisotopic (exact) mass is 459 g/mol. The van der Waals surface area contributed by atoms with Crippen LogP contribution in [0.25, 0.3) is 28.2 Å². The molecule has 1 saturated heterocycles. The lowest BCUT2D eigenvalue weighted by Crippen LogP contribution is -3.12. The predicted octanol–water partition coefficient (Wildman–Crippen LogP) is 1.45. The van der Waals surface area contributed by atoms with Gasteiger partial charge in [-0.2, -0.15) is 9.57 Å². The molecular weight excluding hydrogens is 436 g/mol. The van der Waals surface area contributed by atoms with Gasteiger partial charge >= 0.3 is 0 Å². The molecule has 0 amide bonds. The molecule has 166 valence electrons. The van der Waals surface area contributed by atoms with E-state index in [1.54, 1.807) is 53.1 Å². The maximum atomic E-state index is 13.0. The largest absolute Gasteiger partial charge is 0.335 e. The highest BCUT2D eigenvalue weighted by Gasteiger charge is 2.29. The number of imidazole rings is 1. The van der Waals surface area contributed by atoms with Crippen LogP contribution in [-0.4, -0.2) is 60.3 Å². The van der Waals surface area contributed by atoms with Crippen molar-refractivity contribution >= 4 is 15.7 Å². The van der Waals surface area contributed by atoms with Crippen LogP contribution in [0.3, 0.4) is 0 Å². The zero-order chi connectivity index (χ0) is 23.0. The summed E-state index contributed by atoms with van der Waals surface area (Å²) < 4.78 is 29.5. The molecule has 4 aromatic rings. The molecule has 1 N–H and O–H groups in total. The number of benzene rings is 2. The first-order chi connectivity index (χ1) is 16.0. The lowest BCUT2D eigenvalue weighted by molar-refractivity contribution is -0.883. The maximum absolute atomic E-state index is 13.0. The number of nitrogens with one attached hydrogen (secondary N) is 1. The molecule has 0 radical (unpaired) electrons. The summed E-state index contributed by atoms with van der Waals surface area (Å²) >= 11 is 0. The van der Waals surface area contributed by atoms with E-state index in [-0.39, 0.29) is 0 Å². The SMILES string of the molecule is C[NH+]1CCN(S(=O)(=O)c2ccc(-c3cn4c(-c5ccc(C#N)cc5)cnc4cn3)cc2)CC1. The van der Waals surface area contributed by atoms with Crippen LogP contribution in [0.4, 0.5) is 0 Å². The molecule has 2 aromatic carbocycles. The summed E-state index contributed by atoms with van der Waals surface area (Å²) in [6.07, 6.45) is 5.36. The van der Waals surface area contributed by atoms with Gasteiger partial charge < -0.3 is 4.90 Å². The Morgan fingerprint density at radius 3 is 2.27 bits per heavy atom. The molecule has 0 unspecified atom stereocenters. The van der Waals surface area contributed by atoms with E-state index in [0.717, 1.165) is 29.9 Å². The smallest absolute Gasteiger partial charge is 0.243 e. The van der Waals surface area contributed by atoms with Gasteiger partial charge in [-0.05, 0) is 24.3 Å². The van der Waals surface area contributed by atoms with Gasteiger partial charge in [0, 0.05) is 17.3 Å². The van der Waals surface area contributed by atoms with Crippen molar-refractivity contribution in [1.82, 2.24) is 18.7 Å². The van der Waals surface area contributed by atoms with Crippen molar-refractivity contribution < 1.29 is 13.3 Å². The Morgan fingerprint density at radius 2 is 1.61 bits per heavy atom. The molecule has 33 heavy (non-hydrogen) atoms. The number of aromatic nitrogens is 3. The molecule has 0 atom stereocenters. The van der Waals surface area contributed by atoms with Gasteiger partial charge in [0.05, 0.1) is 73.5 Å². The second-order valence-electron chi connectivity index (χ2n) is 8.22. The molecule has 1 aliphatic heterocycles. The quantitative estimate of drug-likeness (QED) is 0.498. The predicted molar refractivity (Wildman–Crippen MR) is 124 cm³/mol. The van der Waals surface area contributed by atoms with Crippen LogP contribution in [0.2, 0.25) is 0 Å². The highest BCUT2D eigenvalue weighted by atomic mass is 32.2. The highest BCUT2D eigenvalue weighted by Crippen LogP contribution is 2.25. The Bertz CT molecular complexity index is 1450. The summed E-state index contributed by atoms with van der Waals surface area (Å²) in [7, 11) is -1.42. The van der Waals surface area contributed by atoms with E-state index in [1.165, 1.54) is 4.90 Å². The molecule has 0 aliphatic carbocycles. The van der Waals surface area contributed by atoms with Gasteiger partial charge in [0.25, 0.3) is 0 Å². The first-order valence-corrected chi connectivity index (χ1v) is 12.2. The molecule has 0 spiro atoms. The summed E-state index contributed by atoms with van der Waals surface area (Å²) in [5.74, 6) is 0. The zero-order valence-corrected chi connectivity index (χ0v) is 19.0. The molecule has 9 heteroatoms. The molecule has 5 rings (SSSR count).